The highest BCUT2D eigenvalue weighted by Crippen LogP contribution is 2.15. The van der Waals surface area contributed by atoms with Gasteiger partial charge in [0.05, 0.1) is 6.54 Å². The molecule has 3 rings (SSSR count). The zero-order chi connectivity index (χ0) is 13.9. The Morgan fingerprint density at radius 1 is 1.20 bits per heavy atom. The van der Waals surface area contributed by atoms with E-state index in [2.05, 4.69) is 63.2 Å². The second-order valence-corrected chi connectivity index (χ2v) is 6.29. The Hall–Kier alpha value is -1.72. The SMILES string of the molecule is Cc1nnc(CN(C)CCn2ccc3ccccc32)s1. The average Bonchev–Trinajstić information content (AvgIpc) is 3.03. The summed E-state index contributed by atoms with van der Waals surface area (Å²) >= 11 is 1.67. The Kier molecular flexibility index (Phi) is 3.80. The lowest BCUT2D eigenvalue weighted by Crippen LogP contribution is -2.22. The van der Waals surface area contributed by atoms with E-state index in [1.165, 1.54) is 10.9 Å². The molecule has 0 bridgehead atoms. The number of likely N-dealkylation sites (N-methyl/N-ethyl adjacent to an activating group) is 1. The van der Waals surface area contributed by atoms with Gasteiger partial charge in [0.2, 0.25) is 0 Å². The van der Waals surface area contributed by atoms with Crippen molar-refractivity contribution in [1.82, 2.24) is 19.7 Å². The van der Waals surface area contributed by atoms with Gasteiger partial charge in [-0.15, -0.1) is 21.5 Å². The van der Waals surface area contributed by atoms with Crippen LogP contribution in [0.15, 0.2) is 36.5 Å². The molecule has 2 heterocycles. The van der Waals surface area contributed by atoms with Crippen molar-refractivity contribution in [3.05, 3.63) is 46.5 Å². The summed E-state index contributed by atoms with van der Waals surface area (Å²) in [5.74, 6) is 0. The summed E-state index contributed by atoms with van der Waals surface area (Å²) in [5.41, 5.74) is 1.30. The maximum Gasteiger partial charge on any atom is 0.131 e. The fourth-order valence-electron chi connectivity index (χ4n) is 2.33. The molecule has 4 nitrogen and oxygen atoms in total. The van der Waals surface area contributed by atoms with E-state index in [1.807, 2.05) is 6.92 Å². The fraction of sp³-hybridized carbons (Fsp3) is 0.333. The van der Waals surface area contributed by atoms with E-state index in [9.17, 15) is 0 Å². The highest BCUT2D eigenvalue weighted by molar-refractivity contribution is 7.11. The molecule has 0 N–H and O–H groups in total. The van der Waals surface area contributed by atoms with Crippen LogP contribution in [-0.2, 0) is 13.1 Å². The molecular formula is C15H18N4S. The van der Waals surface area contributed by atoms with Gasteiger partial charge in [-0.3, -0.25) is 4.90 Å². The summed E-state index contributed by atoms with van der Waals surface area (Å²) in [6, 6.07) is 10.7. The number of nitrogens with zero attached hydrogens (tertiary/aromatic N) is 4. The Labute approximate surface area is 122 Å². The topological polar surface area (TPSA) is 34.0 Å². The highest BCUT2D eigenvalue weighted by Gasteiger charge is 2.06. The second kappa shape index (κ2) is 5.73. The number of hydrogen-bond acceptors (Lipinski definition) is 4. The molecule has 0 aliphatic carbocycles. The molecule has 0 fully saturated rings. The third-order valence-corrected chi connectivity index (χ3v) is 4.20. The molecule has 2 aromatic heterocycles. The largest absolute Gasteiger partial charge is 0.346 e. The van der Waals surface area contributed by atoms with Crippen molar-refractivity contribution in [2.45, 2.75) is 20.0 Å². The predicted octanol–water partition coefficient (Wildman–Crippen LogP) is 2.93. The Morgan fingerprint density at radius 2 is 2.05 bits per heavy atom. The van der Waals surface area contributed by atoms with Crippen LogP contribution in [0.2, 0.25) is 0 Å². The van der Waals surface area contributed by atoms with Gasteiger partial charge in [0, 0.05) is 24.8 Å². The molecule has 0 saturated carbocycles. The monoisotopic (exact) mass is 286 g/mol. The summed E-state index contributed by atoms with van der Waals surface area (Å²) < 4.78 is 2.30. The van der Waals surface area contributed by atoms with Crippen molar-refractivity contribution in [2.24, 2.45) is 0 Å². The first kappa shape index (κ1) is 13.3. The van der Waals surface area contributed by atoms with E-state index in [-0.39, 0.29) is 0 Å². The number of para-hydroxylation sites is 1. The van der Waals surface area contributed by atoms with E-state index < -0.39 is 0 Å². The van der Waals surface area contributed by atoms with E-state index in [0.717, 1.165) is 29.6 Å². The van der Waals surface area contributed by atoms with E-state index in [4.69, 9.17) is 0 Å². The van der Waals surface area contributed by atoms with Crippen molar-refractivity contribution in [1.29, 1.82) is 0 Å². The maximum absolute atomic E-state index is 4.17. The standard InChI is InChI=1S/C15H18N4S/c1-12-16-17-15(20-12)11-18(2)9-10-19-8-7-13-5-3-4-6-14(13)19/h3-8H,9-11H2,1-2H3. The first-order valence-corrected chi connectivity index (χ1v) is 7.55. The molecule has 5 heteroatoms. The number of fused-ring (bicyclic) bond motifs is 1. The van der Waals surface area contributed by atoms with Crippen LogP contribution in [0.5, 0.6) is 0 Å². The lowest BCUT2D eigenvalue weighted by Gasteiger charge is -2.15. The number of benzene rings is 1. The van der Waals surface area contributed by atoms with Crippen LogP contribution in [0, 0.1) is 6.92 Å². The van der Waals surface area contributed by atoms with E-state index >= 15 is 0 Å². The third-order valence-electron chi connectivity index (χ3n) is 3.38. The van der Waals surface area contributed by atoms with Gasteiger partial charge in [-0.1, -0.05) is 18.2 Å². The van der Waals surface area contributed by atoms with Gasteiger partial charge in [-0.2, -0.15) is 0 Å². The number of aryl methyl sites for hydroxylation is 1. The maximum atomic E-state index is 4.17. The van der Waals surface area contributed by atoms with Gasteiger partial charge >= 0.3 is 0 Å². The number of rotatable bonds is 5. The van der Waals surface area contributed by atoms with E-state index in [1.54, 1.807) is 11.3 Å². The van der Waals surface area contributed by atoms with Gasteiger partial charge in [0.25, 0.3) is 0 Å². The summed E-state index contributed by atoms with van der Waals surface area (Å²) in [4.78, 5) is 2.29. The minimum Gasteiger partial charge on any atom is -0.346 e. The van der Waals surface area contributed by atoms with E-state index in [0.29, 0.717) is 0 Å². The van der Waals surface area contributed by atoms with Crippen LogP contribution >= 0.6 is 11.3 Å². The van der Waals surface area contributed by atoms with Gasteiger partial charge < -0.3 is 4.57 Å². The lowest BCUT2D eigenvalue weighted by molar-refractivity contribution is 0.312. The van der Waals surface area contributed by atoms with Crippen LogP contribution in [0.4, 0.5) is 0 Å². The summed E-state index contributed by atoms with van der Waals surface area (Å²) in [6.45, 7) is 4.84. The zero-order valence-corrected chi connectivity index (χ0v) is 12.6. The molecule has 0 spiro atoms. The third kappa shape index (κ3) is 2.89. The normalized spacial score (nSPS) is 11.6. The molecule has 0 aliphatic rings. The van der Waals surface area contributed by atoms with Crippen LogP contribution in [-0.4, -0.2) is 33.3 Å². The second-order valence-electron chi connectivity index (χ2n) is 5.02. The van der Waals surface area contributed by atoms with Crippen LogP contribution < -0.4 is 0 Å². The van der Waals surface area contributed by atoms with Gasteiger partial charge in [-0.05, 0) is 31.5 Å². The predicted molar refractivity (Wildman–Crippen MR) is 82.9 cm³/mol. The van der Waals surface area contributed by atoms with Crippen molar-refractivity contribution in [3.63, 3.8) is 0 Å². The van der Waals surface area contributed by atoms with Crippen molar-refractivity contribution in [3.8, 4) is 0 Å². The number of aromatic nitrogens is 3. The van der Waals surface area contributed by atoms with Gasteiger partial charge in [-0.25, -0.2) is 0 Å². The molecule has 0 saturated heterocycles. The fourth-order valence-corrected chi connectivity index (χ4v) is 3.11. The molecule has 0 aliphatic heterocycles. The lowest BCUT2D eigenvalue weighted by atomic mass is 10.2. The Bertz CT molecular complexity index is 701. The molecule has 0 amide bonds. The molecule has 1 aromatic carbocycles. The van der Waals surface area contributed by atoms with Crippen LogP contribution in [0.3, 0.4) is 0 Å². The zero-order valence-electron chi connectivity index (χ0n) is 11.8. The Balaban J connectivity index is 1.61. The van der Waals surface area contributed by atoms with Crippen molar-refractivity contribution >= 4 is 22.2 Å². The van der Waals surface area contributed by atoms with Gasteiger partial charge in [0.1, 0.15) is 10.0 Å². The first-order chi connectivity index (χ1) is 9.72. The molecule has 0 atom stereocenters. The molecule has 0 unspecified atom stereocenters. The summed E-state index contributed by atoms with van der Waals surface area (Å²) in [6.07, 6.45) is 2.16. The van der Waals surface area contributed by atoms with Crippen molar-refractivity contribution in [2.75, 3.05) is 13.6 Å². The molecule has 104 valence electrons. The Morgan fingerprint density at radius 3 is 2.85 bits per heavy atom. The summed E-state index contributed by atoms with van der Waals surface area (Å²) in [5, 5.41) is 11.6. The minimum atomic E-state index is 0.866. The molecule has 20 heavy (non-hydrogen) atoms. The van der Waals surface area contributed by atoms with Crippen LogP contribution in [0.1, 0.15) is 10.0 Å². The molecule has 0 radical (unpaired) electrons. The van der Waals surface area contributed by atoms with Gasteiger partial charge in [0.15, 0.2) is 0 Å². The number of hydrogen-bond donors (Lipinski definition) is 0. The minimum absolute atomic E-state index is 0.866. The summed E-state index contributed by atoms with van der Waals surface area (Å²) in [7, 11) is 2.13. The van der Waals surface area contributed by atoms with Crippen LogP contribution in [0.25, 0.3) is 10.9 Å². The highest BCUT2D eigenvalue weighted by atomic mass is 32.1. The van der Waals surface area contributed by atoms with Crippen molar-refractivity contribution < 1.29 is 0 Å². The average molecular weight is 286 g/mol. The first-order valence-electron chi connectivity index (χ1n) is 6.74. The smallest absolute Gasteiger partial charge is 0.131 e. The molecular weight excluding hydrogens is 268 g/mol. The quantitative estimate of drug-likeness (QED) is 0.723. The molecule has 3 aromatic rings.